The van der Waals surface area contributed by atoms with Crippen molar-refractivity contribution >= 4 is 17.4 Å². The van der Waals surface area contributed by atoms with Gasteiger partial charge in [0, 0.05) is 16.1 Å². The first kappa shape index (κ1) is 13.8. The molecule has 0 aliphatic heterocycles. The summed E-state index contributed by atoms with van der Waals surface area (Å²) < 4.78 is 38.1. The third-order valence-electron chi connectivity index (χ3n) is 2.78. The van der Waals surface area contributed by atoms with E-state index in [4.69, 9.17) is 5.73 Å². The maximum absolute atomic E-state index is 12.7. The molecule has 0 unspecified atom stereocenters. The van der Waals surface area contributed by atoms with Crippen molar-refractivity contribution in [1.82, 2.24) is 0 Å². The minimum Gasteiger partial charge on any atom is -0.398 e. The van der Waals surface area contributed by atoms with Crippen LogP contribution in [0.1, 0.15) is 5.56 Å². The van der Waals surface area contributed by atoms with Crippen molar-refractivity contribution in [3.05, 3.63) is 48.0 Å². The van der Waals surface area contributed by atoms with E-state index in [1.165, 1.54) is 6.07 Å². The van der Waals surface area contributed by atoms with Gasteiger partial charge in [0.2, 0.25) is 0 Å². The Bertz CT molecular complexity index is 576. The summed E-state index contributed by atoms with van der Waals surface area (Å²) in [5.74, 6) is 0. The molecule has 0 radical (unpaired) electrons. The van der Waals surface area contributed by atoms with Crippen LogP contribution in [0.2, 0.25) is 0 Å². The lowest BCUT2D eigenvalue weighted by atomic mass is 10.0. The molecule has 0 saturated carbocycles. The van der Waals surface area contributed by atoms with Gasteiger partial charge in [0.05, 0.1) is 5.56 Å². The summed E-state index contributed by atoms with van der Waals surface area (Å²) in [5.41, 5.74) is 6.50. The molecule has 2 N–H and O–H groups in total. The van der Waals surface area contributed by atoms with Crippen molar-refractivity contribution in [2.24, 2.45) is 0 Å². The first-order valence-electron chi connectivity index (χ1n) is 5.53. The molecule has 2 aromatic rings. The molecule has 5 heteroatoms. The van der Waals surface area contributed by atoms with Crippen LogP contribution in [-0.2, 0) is 6.18 Å². The van der Waals surface area contributed by atoms with Crippen molar-refractivity contribution in [3.63, 3.8) is 0 Å². The number of nitrogen functional groups attached to an aromatic ring is 1. The van der Waals surface area contributed by atoms with E-state index in [9.17, 15) is 13.2 Å². The van der Waals surface area contributed by atoms with E-state index >= 15 is 0 Å². The number of benzene rings is 2. The van der Waals surface area contributed by atoms with Gasteiger partial charge < -0.3 is 5.73 Å². The minimum absolute atomic E-state index is 0.338. The van der Waals surface area contributed by atoms with Crippen molar-refractivity contribution in [1.29, 1.82) is 0 Å². The smallest absolute Gasteiger partial charge is 0.398 e. The molecular weight excluding hydrogens is 271 g/mol. The summed E-state index contributed by atoms with van der Waals surface area (Å²) in [4.78, 5) is 1.05. The number of alkyl halides is 3. The molecule has 0 aromatic heterocycles. The molecule has 0 spiro atoms. The Morgan fingerprint density at radius 3 is 2.16 bits per heavy atom. The highest BCUT2D eigenvalue weighted by molar-refractivity contribution is 7.98. The third kappa shape index (κ3) is 3.04. The van der Waals surface area contributed by atoms with Gasteiger partial charge in [-0.15, -0.1) is 11.8 Å². The molecule has 0 fully saturated rings. The predicted octanol–water partition coefficient (Wildman–Crippen LogP) is 4.68. The highest BCUT2D eigenvalue weighted by atomic mass is 32.2. The Morgan fingerprint density at radius 1 is 1.00 bits per heavy atom. The van der Waals surface area contributed by atoms with Gasteiger partial charge >= 0.3 is 6.18 Å². The number of thioether (sulfide) groups is 1. The number of hydrogen-bond acceptors (Lipinski definition) is 2. The van der Waals surface area contributed by atoms with Crippen molar-refractivity contribution in [3.8, 4) is 11.1 Å². The summed E-state index contributed by atoms with van der Waals surface area (Å²) in [6, 6.07) is 10.6. The van der Waals surface area contributed by atoms with E-state index in [0.29, 0.717) is 16.8 Å². The maximum Gasteiger partial charge on any atom is 0.416 e. The summed E-state index contributed by atoms with van der Waals surface area (Å²) in [6.45, 7) is 0. The Labute approximate surface area is 113 Å². The summed E-state index contributed by atoms with van der Waals surface area (Å²) in [6.07, 6.45) is -2.42. The number of halogens is 3. The van der Waals surface area contributed by atoms with Gasteiger partial charge in [-0.05, 0) is 42.2 Å². The second-order valence-corrected chi connectivity index (χ2v) is 4.91. The molecule has 2 aromatic carbocycles. The molecule has 2 rings (SSSR count). The molecule has 0 saturated heterocycles. The Hall–Kier alpha value is -1.62. The number of nitrogens with two attached hydrogens (primary N) is 1. The average Bonchev–Trinajstić information content (AvgIpc) is 2.38. The lowest BCUT2D eigenvalue weighted by Gasteiger charge is -2.11. The molecule has 0 heterocycles. The zero-order valence-corrected chi connectivity index (χ0v) is 11.0. The molecule has 100 valence electrons. The van der Waals surface area contributed by atoms with Gasteiger partial charge in [-0.2, -0.15) is 13.2 Å². The van der Waals surface area contributed by atoms with Crippen LogP contribution in [0, 0.1) is 0 Å². The van der Waals surface area contributed by atoms with E-state index < -0.39 is 11.7 Å². The van der Waals surface area contributed by atoms with E-state index in [-0.39, 0.29) is 0 Å². The van der Waals surface area contributed by atoms with Crippen molar-refractivity contribution in [2.75, 3.05) is 12.0 Å². The largest absolute Gasteiger partial charge is 0.416 e. The molecule has 19 heavy (non-hydrogen) atoms. The normalized spacial score (nSPS) is 11.6. The molecule has 0 bridgehead atoms. The van der Waals surface area contributed by atoms with E-state index in [1.807, 2.05) is 18.4 Å². The van der Waals surface area contributed by atoms with Gasteiger partial charge in [0.25, 0.3) is 0 Å². The highest BCUT2D eigenvalue weighted by Crippen LogP contribution is 2.35. The lowest BCUT2D eigenvalue weighted by molar-refractivity contribution is -0.137. The van der Waals surface area contributed by atoms with Crippen LogP contribution in [-0.4, -0.2) is 6.26 Å². The maximum atomic E-state index is 12.7. The minimum atomic E-state index is -4.36. The van der Waals surface area contributed by atoms with Crippen molar-refractivity contribution in [2.45, 2.75) is 11.1 Å². The number of rotatable bonds is 2. The number of anilines is 1. The SMILES string of the molecule is CSc1ccc(-c2cc(C(F)(F)F)ccc2N)cc1. The van der Waals surface area contributed by atoms with Crippen LogP contribution in [0.5, 0.6) is 0 Å². The molecular formula is C14H12F3NS. The van der Waals surface area contributed by atoms with E-state index in [1.54, 1.807) is 23.9 Å². The third-order valence-corrected chi connectivity index (χ3v) is 3.53. The fraction of sp³-hybridized carbons (Fsp3) is 0.143. The molecule has 0 aliphatic carbocycles. The van der Waals surface area contributed by atoms with Gasteiger partial charge in [0.1, 0.15) is 0 Å². The Balaban J connectivity index is 2.48. The summed E-state index contributed by atoms with van der Waals surface area (Å²) in [5, 5.41) is 0. The topological polar surface area (TPSA) is 26.0 Å². The van der Waals surface area contributed by atoms with Gasteiger partial charge in [-0.3, -0.25) is 0 Å². The zero-order valence-electron chi connectivity index (χ0n) is 10.2. The summed E-state index contributed by atoms with van der Waals surface area (Å²) in [7, 11) is 0. The zero-order chi connectivity index (χ0) is 14.0. The highest BCUT2D eigenvalue weighted by Gasteiger charge is 2.30. The molecule has 0 amide bonds. The lowest BCUT2D eigenvalue weighted by Crippen LogP contribution is -2.05. The van der Waals surface area contributed by atoms with Crippen LogP contribution in [0.25, 0.3) is 11.1 Å². The van der Waals surface area contributed by atoms with Crippen molar-refractivity contribution < 1.29 is 13.2 Å². The molecule has 0 atom stereocenters. The number of hydrogen-bond donors (Lipinski definition) is 1. The standard InChI is InChI=1S/C14H12F3NS/c1-19-11-5-2-9(3-6-11)12-8-10(14(15,16)17)4-7-13(12)18/h2-8H,18H2,1H3. The first-order valence-corrected chi connectivity index (χ1v) is 6.75. The van der Waals surface area contributed by atoms with Crippen LogP contribution in [0.3, 0.4) is 0 Å². The van der Waals surface area contributed by atoms with E-state index in [0.717, 1.165) is 17.0 Å². The first-order chi connectivity index (χ1) is 8.91. The summed E-state index contributed by atoms with van der Waals surface area (Å²) >= 11 is 1.57. The monoisotopic (exact) mass is 283 g/mol. The van der Waals surface area contributed by atoms with Crippen LogP contribution in [0.15, 0.2) is 47.4 Å². The quantitative estimate of drug-likeness (QED) is 0.640. The predicted molar refractivity (Wildman–Crippen MR) is 73.1 cm³/mol. The second-order valence-electron chi connectivity index (χ2n) is 4.03. The fourth-order valence-corrected chi connectivity index (χ4v) is 2.16. The average molecular weight is 283 g/mol. The van der Waals surface area contributed by atoms with E-state index in [2.05, 4.69) is 0 Å². The van der Waals surface area contributed by atoms with Gasteiger partial charge in [-0.25, -0.2) is 0 Å². The second kappa shape index (κ2) is 5.17. The van der Waals surface area contributed by atoms with Gasteiger partial charge in [0.15, 0.2) is 0 Å². The Kier molecular flexibility index (Phi) is 3.75. The molecule has 0 aliphatic rings. The molecule has 1 nitrogen and oxygen atoms in total. The van der Waals surface area contributed by atoms with Gasteiger partial charge in [-0.1, -0.05) is 12.1 Å². The fourth-order valence-electron chi connectivity index (χ4n) is 1.75. The Morgan fingerprint density at radius 2 is 1.63 bits per heavy atom. The van der Waals surface area contributed by atoms with Crippen LogP contribution < -0.4 is 5.73 Å². The van der Waals surface area contributed by atoms with Crippen LogP contribution >= 0.6 is 11.8 Å². The van der Waals surface area contributed by atoms with Crippen LogP contribution in [0.4, 0.5) is 18.9 Å².